The summed E-state index contributed by atoms with van der Waals surface area (Å²) in [5, 5.41) is 5.76. The summed E-state index contributed by atoms with van der Waals surface area (Å²) in [6.45, 7) is 12.1. The number of para-hydroxylation sites is 1. The van der Waals surface area contributed by atoms with Gasteiger partial charge in [0.05, 0.1) is 33.1 Å². The summed E-state index contributed by atoms with van der Waals surface area (Å²) in [4.78, 5) is 95.7. The Morgan fingerprint density at radius 1 is 0.795 bits per heavy atom. The number of imide groups is 2. The van der Waals surface area contributed by atoms with Crippen molar-refractivity contribution in [1.82, 2.24) is 25.1 Å². The Morgan fingerprint density at radius 2 is 1.55 bits per heavy atom. The zero-order valence-electron chi connectivity index (χ0n) is 44.4. The Hall–Kier alpha value is -7.57. The minimum absolute atomic E-state index is 0.0120. The quantitative estimate of drug-likeness (QED) is 0.0825. The fraction of sp³-hybridized carbons (Fsp3) is 0.400. The number of nitrogens with one attached hydrogen (secondary N) is 2. The van der Waals surface area contributed by atoms with Crippen molar-refractivity contribution in [3.05, 3.63) is 130 Å². The Morgan fingerprint density at radius 3 is 2.31 bits per heavy atom. The minimum Gasteiger partial charge on any atom is -0.490 e. The lowest BCUT2D eigenvalue weighted by molar-refractivity contribution is -0.136. The molecule has 2 saturated heterocycles. The van der Waals surface area contributed by atoms with Gasteiger partial charge in [0.1, 0.15) is 29.0 Å². The van der Waals surface area contributed by atoms with Crippen molar-refractivity contribution in [3.63, 3.8) is 0 Å². The number of hydrogen-bond acceptors (Lipinski definition) is 14. The van der Waals surface area contributed by atoms with Crippen LogP contribution in [-0.4, -0.2) is 112 Å². The second-order valence-corrected chi connectivity index (χ2v) is 23.1. The molecular weight excluding hydrogens is 1010 g/mol. The van der Waals surface area contributed by atoms with E-state index < -0.39 is 47.1 Å². The molecule has 5 aliphatic rings. The number of esters is 1. The number of benzene rings is 4. The number of pyridine rings is 1. The van der Waals surface area contributed by atoms with Crippen molar-refractivity contribution in [1.29, 1.82) is 0 Å². The summed E-state index contributed by atoms with van der Waals surface area (Å²) in [7, 11) is 0. The molecular formula is C60H63FN8O8S. The van der Waals surface area contributed by atoms with Gasteiger partial charge >= 0.3 is 5.97 Å². The van der Waals surface area contributed by atoms with Gasteiger partial charge in [-0.15, -0.1) is 0 Å². The predicted octanol–water partition coefficient (Wildman–Crippen LogP) is 9.52. The Bertz CT molecular complexity index is 3340. The molecule has 4 aliphatic heterocycles. The van der Waals surface area contributed by atoms with E-state index in [1.807, 2.05) is 99.3 Å². The summed E-state index contributed by atoms with van der Waals surface area (Å²) in [6.07, 6.45) is 6.92. The molecule has 6 heterocycles. The molecule has 2 aromatic heterocycles. The number of piperidine rings is 1. The lowest BCUT2D eigenvalue weighted by Gasteiger charge is -2.36. The lowest BCUT2D eigenvalue weighted by Crippen LogP contribution is -2.54. The number of aromatic nitrogens is 2. The van der Waals surface area contributed by atoms with Crippen LogP contribution in [-0.2, 0) is 27.3 Å². The molecule has 11 rings (SSSR count). The number of piperazine rings is 1. The third-order valence-electron chi connectivity index (χ3n) is 15.8. The predicted molar refractivity (Wildman–Crippen MR) is 296 cm³/mol. The highest BCUT2D eigenvalue weighted by molar-refractivity contribution is 7.22. The van der Waals surface area contributed by atoms with Gasteiger partial charge in [-0.2, -0.15) is 0 Å². The van der Waals surface area contributed by atoms with Gasteiger partial charge < -0.3 is 19.3 Å². The van der Waals surface area contributed by atoms with Crippen LogP contribution in [0.25, 0.3) is 21.3 Å². The van der Waals surface area contributed by atoms with Crippen LogP contribution in [0, 0.1) is 18.7 Å². The minimum atomic E-state index is -1.11. The molecule has 1 aliphatic carbocycles. The maximum Gasteiger partial charge on any atom is 0.358 e. The number of ether oxygens (including phenoxy) is 2. The first-order valence-corrected chi connectivity index (χ1v) is 27.9. The molecule has 0 spiro atoms. The van der Waals surface area contributed by atoms with E-state index in [1.165, 1.54) is 17.4 Å². The van der Waals surface area contributed by atoms with E-state index in [2.05, 4.69) is 31.5 Å². The van der Waals surface area contributed by atoms with Crippen molar-refractivity contribution in [2.24, 2.45) is 5.92 Å². The number of carbonyl (C=O) groups excluding carboxylic acids is 6. The highest BCUT2D eigenvalue weighted by Crippen LogP contribution is 2.39. The van der Waals surface area contributed by atoms with Gasteiger partial charge in [0.2, 0.25) is 11.8 Å². The maximum atomic E-state index is 15.6. The Labute approximate surface area is 456 Å². The molecule has 4 aromatic carbocycles. The molecule has 3 fully saturated rings. The van der Waals surface area contributed by atoms with Crippen LogP contribution < -0.4 is 25.2 Å². The Balaban J connectivity index is 0.689. The van der Waals surface area contributed by atoms with Crippen LogP contribution in [0.1, 0.15) is 130 Å². The van der Waals surface area contributed by atoms with Crippen molar-refractivity contribution >= 4 is 73.7 Å². The SMILES string of the molecule is Cc1c(O[C@H]2CC[C@H](CCCN3CCN(c4cc5c(cc4F)C(=O)N(C4CCC(=O)NC4=O)C5=O)CC3)CC2)cccc1-c1ccc(N2CCc3cccc(C(=O)Nc4nc5ccccc5s4)c3C2)nc1C(=O)OC(C)(C)C. The zero-order valence-corrected chi connectivity index (χ0v) is 45.2. The molecule has 5 amide bonds. The van der Waals surface area contributed by atoms with Crippen LogP contribution >= 0.6 is 11.3 Å². The largest absolute Gasteiger partial charge is 0.490 e. The van der Waals surface area contributed by atoms with Crippen LogP contribution in [0.3, 0.4) is 0 Å². The second-order valence-electron chi connectivity index (χ2n) is 22.1. The first-order chi connectivity index (χ1) is 37.5. The molecule has 404 valence electrons. The van der Waals surface area contributed by atoms with Gasteiger partial charge in [-0.1, -0.05) is 47.7 Å². The molecule has 6 aromatic rings. The molecule has 16 nitrogen and oxygen atoms in total. The molecule has 18 heteroatoms. The summed E-state index contributed by atoms with van der Waals surface area (Å²) in [5.41, 5.74) is 5.54. The smallest absolute Gasteiger partial charge is 0.358 e. The van der Waals surface area contributed by atoms with Crippen LogP contribution in [0.5, 0.6) is 5.75 Å². The zero-order chi connectivity index (χ0) is 54.4. The number of halogens is 1. The summed E-state index contributed by atoms with van der Waals surface area (Å²) < 4.78 is 29.3. The average Bonchev–Trinajstić information content (AvgIpc) is 4.09. The van der Waals surface area contributed by atoms with E-state index in [0.717, 1.165) is 107 Å². The molecule has 0 bridgehead atoms. The summed E-state index contributed by atoms with van der Waals surface area (Å²) >= 11 is 1.44. The van der Waals surface area contributed by atoms with E-state index in [-0.39, 0.29) is 47.4 Å². The van der Waals surface area contributed by atoms with E-state index in [1.54, 1.807) is 0 Å². The number of hydrogen-bond donors (Lipinski definition) is 2. The van der Waals surface area contributed by atoms with Gasteiger partial charge in [0.25, 0.3) is 17.7 Å². The van der Waals surface area contributed by atoms with Gasteiger partial charge in [-0.05, 0) is 162 Å². The van der Waals surface area contributed by atoms with Gasteiger partial charge in [-0.25, -0.2) is 19.2 Å². The second kappa shape index (κ2) is 21.7. The number of rotatable bonds is 13. The van der Waals surface area contributed by atoms with E-state index in [9.17, 15) is 28.8 Å². The van der Waals surface area contributed by atoms with Crippen LogP contribution in [0.2, 0.25) is 0 Å². The maximum absolute atomic E-state index is 15.6. The molecule has 78 heavy (non-hydrogen) atoms. The number of fused-ring (bicyclic) bond motifs is 3. The van der Waals surface area contributed by atoms with Crippen LogP contribution in [0.15, 0.2) is 84.9 Å². The highest BCUT2D eigenvalue weighted by atomic mass is 32.1. The lowest BCUT2D eigenvalue weighted by atomic mass is 9.84. The highest BCUT2D eigenvalue weighted by Gasteiger charge is 2.45. The molecule has 0 radical (unpaired) electrons. The molecule has 1 unspecified atom stereocenters. The number of nitrogens with zero attached hydrogens (tertiary/aromatic N) is 6. The van der Waals surface area contributed by atoms with Gasteiger partial charge in [0, 0.05) is 56.8 Å². The third kappa shape index (κ3) is 10.8. The number of amides is 5. The van der Waals surface area contributed by atoms with Crippen LogP contribution in [0.4, 0.5) is 21.0 Å². The number of anilines is 3. The van der Waals surface area contributed by atoms with Crippen molar-refractivity contribution in [2.75, 3.05) is 54.4 Å². The molecule has 1 atom stereocenters. The summed E-state index contributed by atoms with van der Waals surface area (Å²) in [5.74, 6) is -1.89. The Kier molecular flexibility index (Phi) is 14.6. The van der Waals surface area contributed by atoms with E-state index in [0.29, 0.717) is 60.6 Å². The topological polar surface area (TPSA) is 184 Å². The van der Waals surface area contributed by atoms with E-state index >= 15 is 4.39 Å². The normalized spacial score (nSPS) is 19.9. The van der Waals surface area contributed by atoms with Crippen molar-refractivity contribution < 1.29 is 42.6 Å². The van der Waals surface area contributed by atoms with Crippen molar-refractivity contribution in [2.45, 2.75) is 110 Å². The molecule has 2 N–H and O–H groups in total. The van der Waals surface area contributed by atoms with Gasteiger partial charge in [-0.3, -0.25) is 44.4 Å². The standard InChI is InChI=1S/C60H63FN8O8S/c1-35-39(40-21-23-51(63-53(40)58(75)77-60(2,3)4)68-27-25-37-11-7-13-41(44(37)34-68)54(71)65-59-62-46-14-5-6-16-50(46)78-59)12-8-15-49(35)76-38-19-17-36(18-20-38)10-9-26-66-28-30-67(31-29-66)48-33-43-42(32-45(48)61)56(73)69(57(43)74)47-22-24-52(70)64-55(47)72/h5-8,11-16,21,23,32-33,36,38,47H,9-10,17-20,22,24-31,34H2,1-4H3,(H,62,65,71)(H,64,70,72)/t36-,38-,47?. The monoisotopic (exact) mass is 1070 g/mol. The molecule has 1 saturated carbocycles. The summed E-state index contributed by atoms with van der Waals surface area (Å²) in [6, 6.07) is 24.9. The number of carbonyl (C=O) groups is 6. The first-order valence-electron chi connectivity index (χ1n) is 27.1. The third-order valence-corrected chi connectivity index (χ3v) is 16.7. The number of thiazole rings is 1. The fourth-order valence-corrected chi connectivity index (χ4v) is 12.6. The van der Waals surface area contributed by atoms with Crippen molar-refractivity contribution in [3.8, 4) is 16.9 Å². The fourth-order valence-electron chi connectivity index (χ4n) is 11.7. The first kappa shape index (κ1) is 52.5. The van der Waals surface area contributed by atoms with E-state index in [4.69, 9.17) is 14.5 Å². The van der Waals surface area contributed by atoms with Gasteiger partial charge in [0.15, 0.2) is 10.8 Å². The average molecular weight is 1080 g/mol.